The van der Waals surface area contributed by atoms with Crippen molar-refractivity contribution >= 4 is 49.8 Å². The largest absolute Gasteiger partial charge is 0.334 e. The van der Waals surface area contributed by atoms with Crippen LogP contribution in [0.5, 0.6) is 0 Å². The molecule has 2 aromatic carbocycles. The van der Waals surface area contributed by atoms with Gasteiger partial charge >= 0.3 is 0 Å². The number of likely N-dealkylation sites (tertiary alicyclic amines) is 1. The maximum absolute atomic E-state index is 13.3. The lowest BCUT2D eigenvalue weighted by atomic mass is 9.85. The molecule has 1 aliphatic heterocycles. The second-order valence-corrected chi connectivity index (χ2v) is 15.4. The van der Waals surface area contributed by atoms with E-state index in [9.17, 15) is 13.2 Å². The summed E-state index contributed by atoms with van der Waals surface area (Å²) in [6.07, 6.45) is 9.11. The summed E-state index contributed by atoms with van der Waals surface area (Å²) in [7, 11) is -3.72. The number of amides is 1. The average Bonchev–Trinajstić information content (AvgIpc) is 3.25. The first-order chi connectivity index (χ1) is 18.1. The summed E-state index contributed by atoms with van der Waals surface area (Å²) in [6.45, 7) is 7.06. The minimum atomic E-state index is -3.72. The minimum Gasteiger partial charge on any atom is -0.334 e. The monoisotopic (exact) mass is 571 g/mol. The molecule has 1 amide bonds. The van der Waals surface area contributed by atoms with Gasteiger partial charge in [-0.05, 0) is 50.8 Å². The van der Waals surface area contributed by atoms with Crippen LogP contribution in [0.15, 0.2) is 41.3 Å². The van der Waals surface area contributed by atoms with E-state index in [-0.39, 0.29) is 10.8 Å². The maximum atomic E-state index is 13.3. The van der Waals surface area contributed by atoms with Crippen LogP contribution in [0.3, 0.4) is 0 Å². The fourth-order valence-corrected chi connectivity index (χ4v) is 8.90. The van der Waals surface area contributed by atoms with E-state index in [2.05, 4.69) is 11.0 Å². The van der Waals surface area contributed by atoms with Crippen LogP contribution in [0, 0.1) is 5.92 Å². The van der Waals surface area contributed by atoms with Crippen LogP contribution in [0.2, 0.25) is 0 Å². The molecular formula is C29H37N3O3S3. The number of carbonyl (C=O) groups is 1. The molecule has 9 heteroatoms. The maximum Gasteiger partial charge on any atom is 0.282 e. The molecule has 0 radical (unpaired) electrons. The predicted octanol–water partition coefficient (Wildman–Crippen LogP) is 6.35. The number of aromatic nitrogens is 1. The normalized spacial score (nSPS) is 17.6. The minimum absolute atomic E-state index is 0.00863. The Kier molecular flexibility index (Phi) is 7.93. The number of thioether (sulfide) groups is 1. The molecule has 5 rings (SSSR count). The zero-order valence-corrected chi connectivity index (χ0v) is 25.1. The van der Waals surface area contributed by atoms with Gasteiger partial charge in [-0.15, -0.1) is 11.3 Å². The fraction of sp³-hybridized carbons (Fsp3) is 0.517. The molecule has 6 nitrogen and oxygen atoms in total. The lowest BCUT2D eigenvalue weighted by Crippen LogP contribution is -2.51. The third kappa shape index (κ3) is 5.81. The number of sulfonamides is 1. The molecule has 2 fully saturated rings. The third-order valence-electron chi connectivity index (χ3n) is 7.41. The molecular weight excluding hydrogens is 535 g/mol. The Morgan fingerprint density at radius 1 is 1.08 bits per heavy atom. The summed E-state index contributed by atoms with van der Waals surface area (Å²) in [4.78, 5) is 21.4. The van der Waals surface area contributed by atoms with Crippen molar-refractivity contribution in [2.24, 2.45) is 5.92 Å². The van der Waals surface area contributed by atoms with Gasteiger partial charge in [-0.2, -0.15) is 11.8 Å². The van der Waals surface area contributed by atoms with Gasteiger partial charge in [0.2, 0.25) is 10.0 Å². The number of rotatable bonds is 7. The van der Waals surface area contributed by atoms with Crippen molar-refractivity contribution in [3.8, 4) is 10.4 Å². The highest BCUT2D eigenvalue weighted by Gasteiger charge is 2.33. The molecule has 1 saturated heterocycles. The number of carbonyl (C=O) groups excluding carboxylic acids is 1. The Labute approximate surface area is 234 Å². The molecule has 0 atom stereocenters. The predicted molar refractivity (Wildman–Crippen MR) is 159 cm³/mol. The van der Waals surface area contributed by atoms with E-state index >= 15 is 0 Å². The number of benzene rings is 2. The topological polar surface area (TPSA) is 79.4 Å². The number of fused-ring (bicyclic) bond motifs is 1. The van der Waals surface area contributed by atoms with Crippen molar-refractivity contribution in [3.05, 3.63) is 47.1 Å². The van der Waals surface area contributed by atoms with Gasteiger partial charge in [0.25, 0.3) is 5.91 Å². The van der Waals surface area contributed by atoms with Gasteiger partial charge in [0.15, 0.2) is 5.01 Å². The summed E-state index contributed by atoms with van der Waals surface area (Å²) >= 11 is 3.26. The van der Waals surface area contributed by atoms with E-state index in [4.69, 9.17) is 4.98 Å². The Bertz CT molecular complexity index is 1430. The van der Waals surface area contributed by atoms with Gasteiger partial charge in [-0.25, -0.2) is 18.1 Å². The number of hydrogen-bond donors (Lipinski definition) is 1. The van der Waals surface area contributed by atoms with Crippen molar-refractivity contribution in [2.75, 3.05) is 19.3 Å². The molecule has 2 aliphatic rings. The quantitative estimate of drug-likeness (QED) is 0.358. The fourth-order valence-electron chi connectivity index (χ4n) is 5.51. The SMILES string of the molecule is CSC1CN(C(=O)c2nc(CC3CCCCC3)c(-c3ccc(S(=O)(=O)NC(C)(C)C)c4ccccc34)s2)C1. The highest BCUT2D eigenvalue weighted by atomic mass is 32.2. The average molecular weight is 572 g/mol. The summed E-state index contributed by atoms with van der Waals surface area (Å²) in [5, 5.41) is 2.58. The summed E-state index contributed by atoms with van der Waals surface area (Å²) in [5.74, 6) is 0.577. The zero-order valence-electron chi connectivity index (χ0n) is 22.6. The standard InChI is InChI=1S/C29H37N3O3S3/c1-29(2,3)31-38(34,35)25-15-14-23(21-12-8-9-13-22(21)25)26-24(16-19-10-6-5-7-11-19)30-27(37-26)28(33)32-17-20(18-32)36-4/h8-9,12-15,19-20,31H,5-7,10-11,16-18H2,1-4H3. The molecule has 1 saturated carbocycles. The van der Waals surface area contributed by atoms with Gasteiger partial charge in [0.1, 0.15) is 0 Å². The van der Waals surface area contributed by atoms with Crippen molar-refractivity contribution in [3.63, 3.8) is 0 Å². The molecule has 2 heterocycles. The Morgan fingerprint density at radius 3 is 2.42 bits per heavy atom. The van der Waals surface area contributed by atoms with E-state index in [0.29, 0.717) is 21.6 Å². The van der Waals surface area contributed by atoms with E-state index < -0.39 is 15.6 Å². The number of nitrogens with one attached hydrogen (secondary N) is 1. The Morgan fingerprint density at radius 2 is 1.76 bits per heavy atom. The van der Waals surface area contributed by atoms with Gasteiger partial charge < -0.3 is 4.90 Å². The van der Waals surface area contributed by atoms with E-state index in [0.717, 1.165) is 41.0 Å². The van der Waals surface area contributed by atoms with E-state index in [1.807, 2.05) is 56.0 Å². The van der Waals surface area contributed by atoms with E-state index in [1.54, 1.807) is 17.8 Å². The van der Waals surface area contributed by atoms with Crippen molar-refractivity contribution in [2.45, 2.75) is 75.0 Å². The van der Waals surface area contributed by atoms with Crippen LogP contribution in [-0.2, 0) is 16.4 Å². The summed E-state index contributed by atoms with van der Waals surface area (Å²) in [6, 6.07) is 11.3. The number of hydrogen-bond acceptors (Lipinski definition) is 6. The van der Waals surface area contributed by atoms with Crippen LogP contribution in [0.4, 0.5) is 0 Å². The van der Waals surface area contributed by atoms with Crippen LogP contribution in [0.25, 0.3) is 21.2 Å². The van der Waals surface area contributed by atoms with Gasteiger partial charge in [0, 0.05) is 34.8 Å². The first kappa shape index (κ1) is 27.6. The second kappa shape index (κ2) is 10.9. The molecule has 38 heavy (non-hydrogen) atoms. The van der Waals surface area contributed by atoms with Crippen LogP contribution < -0.4 is 4.72 Å². The first-order valence-electron chi connectivity index (χ1n) is 13.4. The third-order valence-corrected chi connectivity index (χ3v) is 11.3. The van der Waals surface area contributed by atoms with Crippen LogP contribution in [-0.4, -0.2) is 54.3 Å². The lowest BCUT2D eigenvalue weighted by molar-refractivity contribution is 0.0663. The van der Waals surface area contributed by atoms with Gasteiger partial charge in [-0.1, -0.05) is 62.4 Å². The Balaban J connectivity index is 1.58. The van der Waals surface area contributed by atoms with E-state index in [1.165, 1.54) is 43.4 Å². The number of thiazole rings is 1. The smallest absolute Gasteiger partial charge is 0.282 e. The summed E-state index contributed by atoms with van der Waals surface area (Å²) in [5.41, 5.74) is 1.33. The molecule has 1 N–H and O–H groups in total. The van der Waals surface area contributed by atoms with Crippen LogP contribution in [0.1, 0.15) is 68.4 Å². The highest BCUT2D eigenvalue weighted by Crippen LogP contribution is 2.40. The lowest BCUT2D eigenvalue weighted by Gasteiger charge is -2.37. The Hall–Kier alpha value is -1.94. The van der Waals surface area contributed by atoms with Crippen molar-refractivity contribution in [1.82, 2.24) is 14.6 Å². The second-order valence-electron chi connectivity index (χ2n) is 11.6. The number of nitrogens with zero attached hydrogens (tertiary/aromatic N) is 2. The van der Waals surface area contributed by atoms with Crippen molar-refractivity contribution < 1.29 is 13.2 Å². The van der Waals surface area contributed by atoms with Crippen LogP contribution >= 0.6 is 23.1 Å². The first-order valence-corrected chi connectivity index (χ1v) is 17.0. The van der Waals surface area contributed by atoms with Gasteiger partial charge in [0.05, 0.1) is 15.5 Å². The molecule has 0 spiro atoms. The molecule has 1 aliphatic carbocycles. The molecule has 204 valence electrons. The molecule has 3 aromatic rings. The highest BCUT2D eigenvalue weighted by molar-refractivity contribution is 7.99. The molecule has 0 unspecified atom stereocenters. The molecule has 0 bridgehead atoms. The van der Waals surface area contributed by atoms with Crippen molar-refractivity contribution in [1.29, 1.82) is 0 Å². The van der Waals surface area contributed by atoms with Gasteiger partial charge in [-0.3, -0.25) is 4.79 Å². The summed E-state index contributed by atoms with van der Waals surface area (Å²) < 4.78 is 29.4. The zero-order chi connectivity index (χ0) is 27.1. The molecule has 1 aromatic heterocycles.